The van der Waals surface area contributed by atoms with Crippen molar-refractivity contribution >= 4 is 11.8 Å². The maximum Gasteiger partial charge on any atom is 0.192 e. The summed E-state index contributed by atoms with van der Waals surface area (Å²) >= 11 is 1.74. The fourth-order valence-electron chi connectivity index (χ4n) is 2.62. The standard InChI is InChI=1S/C15H19N5S/c16-9-13(10-5-7-17-8-6-10)21-15-19-18-14(11-1-2-11)20(15)12-3-4-12/h5-8,11-13H,1-4,9,16H2. The summed E-state index contributed by atoms with van der Waals surface area (Å²) in [6.07, 6.45) is 8.68. The van der Waals surface area contributed by atoms with Crippen LogP contribution >= 0.6 is 11.8 Å². The number of aromatic nitrogens is 4. The number of thioether (sulfide) groups is 1. The molecule has 2 aliphatic carbocycles. The Kier molecular flexibility index (Phi) is 3.43. The van der Waals surface area contributed by atoms with Crippen molar-refractivity contribution in [2.45, 2.75) is 48.0 Å². The summed E-state index contributed by atoms with van der Waals surface area (Å²) in [6, 6.07) is 4.68. The first kappa shape index (κ1) is 13.3. The summed E-state index contributed by atoms with van der Waals surface area (Å²) < 4.78 is 2.38. The lowest BCUT2D eigenvalue weighted by Crippen LogP contribution is -2.11. The average molecular weight is 301 g/mol. The van der Waals surface area contributed by atoms with Crippen molar-refractivity contribution in [2.75, 3.05) is 6.54 Å². The van der Waals surface area contributed by atoms with Crippen molar-refractivity contribution in [3.8, 4) is 0 Å². The van der Waals surface area contributed by atoms with Crippen LogP contribution in [0.5, 0.6) is 0 Å². The van der Waals surface area contributed by atoms with Gasteiger partial charge in [-0.25, -0.2) is 0 Å². The van der Waals surface area contributed by atoms with Crippen molar-refractivity contribution in [1.82, 2.24) is 19.7 Å². The van der Waals surface area contributed by atoms with Gasteiger partial charge in [0.25, 0.3) is 0 Å². The zero-order chi connectivity index (χ0) is 14.2. The third-order valence-corrected chi connectivity index (χ3v) is 5.32. The Morgan fingerprint density at radius 2 is 1.95 bits per heavy atom. The summed E-state index contributed by atoms with van der Waals surface area (Å²) in [6.45, 7) is 0.588. The molecule has 0 aliphatic heterocycles. The molecule has 1 atom stereocenters. The van der Waals surface area contributed by atoms with E-state index in [0.29, 0.717) is 18.5 Å². The van der Waals surface area contributed by atoms with Crippen LogP contribution < -0.4 is 5.73 Å². The highest BCUT2D eigenvalue weighted by Crippen LogP contribution is 2.47. The number of rotatable bonds is 6. The number of hydrogen-bond acceptors (Lipinski definition) is 5. The normalized spacial score (nSPS) is 19.7. The van der Waals surface area contributed by atoms with Crippen LogP contribution in [-0.4, -0.2) is 26.3 Å². The Morgan fingerprint density at radius 3 is 2.57 bits per heavy atom. The molecule has 0 bridgehead atoms. The van der Waals surface area contributed by atoms with Gasteiger partial charge >= 0.3 is 0 Å². The molecule has 0 spiro atoms. The molecule has 0 amide bonds. The summed E-state index contributed by atoms with van der Waals surface area (Å²) in [7, 11) is 0. The molecule has 6 heteroatoms. The molecule has 2 saturated carbocycles. The highest BCUT2D eigenvalue weighted by molar-refractivity contribution is 7.99. The average Bonchev–Trinajstić information content (AvgIpc) is 3.44. The molecule has 5 nitrogen and oxygen atoms in total. The second-order valence-electron chi connectivity index (χ2n) is 5.84. The number of nitrogens with two attached hydrogens (primary N) is 1. The molecule has 2 heterocycles. The second kappa shape index (κ2) is 5.42. The van der Waals surface area contributed by atoms with E-state index >= 15 is 0 Å². The van der Waals surface area contributed by atoms with Gasteiger partial charge in [0.05, 0.1) is 0 Å². The van der Waals surface area contributed by atoms with Crippen LogP contribution in [0.15, 0.2) is 29.7 Å². The molecule has 2 N–H and O–H groups in total. The SMILES string of the molecule is NCC(Sc1nnc(C2CC2)n1C1CC1)c1ccncc1. The van der Waals surface area contributed by atoms with E-state index in [1.807, 2.05) is 24.5 Å². The minimum atomic E-state index is 0.210. The minimum Gasteiger partial charge on any atom is -0.329 e. The van der Waals surface area contributed by atoms with Crippen molar-refractivity contribution in [3.63, 3.8) is 0 Å². The highest BCUT2D eigenvalue weighted by Gasteiger charge is 2.36. The molecule has 2 aromatic rings. The molecule has 21 heavy (non-hydrogen) atoms. The van der Waals surface area contributed by atoms with Gasteiger partial charge in [-0.3, -0.25) is 4.98 Å². The summed E-state index contributed by atoms with van der Waals surface area (Å²) in [5.74, 6) is 1.84. The highest BCUT2D eigenvalue weighted by atomic mass is 32.2. The fourth-order valence-corrected chi connectivity index (χ4v) is 3.71. The van der Waals surface area contributed by atoms with Gasteiger partial charge in [0.2, 0.25) is 0 Å². The van der Waals surface area contributed by atoms with E-state index in [4.69, 9.17) is 5.73 Å². The van der Waals surface area contributed by atoms with Crippen LogP contribution in [-0.2, 0) is 0 Å². The van der Waals surface area contributed by atoms with Gasteiger partial charge in [0.1, 0.15) is 5.82 Å². The molecular weight excluding hydrogens is 282 g/mol. The molecule has 2 aliphatic rings. The first-order valence-electron chi connectivity index (χ1n) is 7.58. The summed E-state index contributed by atoms with van der Waals surface area (Å²) in [5.41, 5.74) is 7.18. The maximum absolute atomic E-state index is 5.97. The lowest BCUT2D eigenvalue weighted by molar-refractivity contribution is 0.625. The quantitative estimate of drug-likeness (QED) is 0.831. The molecular formula is C15H19N5S. The predicted octanol–water partition coefficient (Wildman–Crippen LogP) is 2.68. The molecule has 4 rings (SSSR count). The fraction of sp³-hybridized carbons (Fsp3) is 0.533. The molecule has 0 radical (unpaired) electrons. The Balaban J connectivity index is 1.61. The first-order chi connectivity index (χ1) is 10.4. The third-order valence-electron chi connectivity index (χ3n) is 4.09. The zero-order valence-electron chi connectivity index (χ0n) is 11.9. The van der Waals surface area contributed by atoms with Crippen LogP contribution in [0.4, 0.5) is 0 Å². The number of hydrogen-bond donors (Lipinski definition) is 1. The van der Waals surface area contributed by atoms with E-state index < -0.39 is 0 Å². The third kappa shape index (κ3) is 2.70. The largest absolute Gasteiger partial charge is 0.329 e. The number of nitrogens with zero attached hydrogens (tertiary/aromatic N) is 4. The van der Waals surface area contributed by atoms with Gasteiger partial charge in [0, 0.05) is 36.1 Å². The Morgan fingerprint density at radius 1 is 1.19 bits per heavy atom. The van der Waals surface area contributed by atoms with Gasteiger partial charge in [-0.2, -0.15) is 0 Å². The van der Waals surface area contributed by atoms with Gasteiger partial charge in [-0.15, -0.1) is 10.2 Å². The van der Waals surface area contributed by atoms with Crippen LogP contribution in [0.1, 0.15) is 54.3 Å². The summed E-state index contributed by atoms with van der Waals surface area (Å²) in [4.78, 5) is 4.08. The lowest BCUT2D eigenvalue weighted by atomic mass is 10.2. The Bertz CT molecular complexity index is 618. The van der Waals surface area contributed by atoms with Gasteiger partial charge in [0.15, 0.2) is 5.16 Å². The van der Waals surface area contributed by atoms with Crippen LogP contribution in [0.2, 0.25) is 0 Å². The molecule has 2 aromatic heterocycles. The smallest absolute Gasteiger partial charge is 0.192 e. The summed E-state index contributed by atoms with van der Waals surface area (Å²) in [5, 5.41) is 10.2. The van der Waals surface area contributed by atoms with Crippen molar-refractivity contribution in [1.29, 1.82) is 0 Å². The van der Waals surface area contributed by atoms with Crippen molar-refractivity contribution in [3.05, 3.63) is 35.9 Å². The molecule has 110 valence electrons. The maximum atomic E-state index is 5.97. The van der Waals surface area contributed by atoms with E-state index in [2.05, 4.69) is 19.7 Å². The topological polar surface area (TPSA) is 69.6 Å². The van der Waals surface area contributed by atoms with E-state index in [1.54, 1.807) is 11.8 Å². The lowest BCUT2D eigenvalue weighted by Gasteiger charge is -2.15. The predicted molar refractivity (Wildman–Crippen MR) is 82.2 cm³/mol. The van der Waals surface area contributed by atoms with Crippen LogP contribution in [0.3, 0.4) is 0 Å². The number of pyridine rings is 1. The Labute approximate surface area is 128 Å². The molecule has 2 fully saturated rings. The van der Waals surface area contributed by atoms with Gasteiger partial charge < -0.3 is 10.3 Å². The van der Waals surface area contributed by atoms with E-state index in [-0.39, 0.29) is 5.25 Å². The van der Waals surface area contributed by atoms with Crippen molar-refractivity contribution < 1.29 is 0 Å². The van der Waals surface area contributed by atoms with E-state index in [0.717, 1.165) is 5.16 Å². The van der Waals surface area contributed by atoms with Crippen LogP contribution in [0.25, 0.3) is 0 Å². The molecule has 1 unspecified atom stereocenters. The Hall–Kier alpha value is -1.40. The first-order valence-corrected chi connectivity index (χ1v) is 8.46. The molecule has 0 saturated heterocycles. The van der Waals surface area contributed by atoms with E-state index in [1.165, 1.54) is 37.1 Å². The van der Waals surface area contributed by atoms with E-state index in [9.17, 15) is 0 Å². The monoisotopic (exact) mass is 301 g/mol. The zero-order valence-corrected chi connectivity index (χ0v) is 12.7. The van der Waals surface area contributed by atoms with Gasteiger partial charge in [-0.1, -0.05) is 11.8 Å². The van der Waals surface area contributed by atoms with Crippen molar-refractivity contribution in [2.24, 2.45) is 5.73 Å². The molecule has 0 aromatic carbocycles. The van der Waals surface area contributed by atoms with Crippen LogP contribution in [0, 0.1) is 0 Å². The minimum absolute atomic E-state index is 0.210. The van der Waals surface area contributed by atoms with Gasteiger partial charge in [-0.05, 0) is 43.4 Å². The second-order valence-corrected chi connectivity index (χ2v) is 7.01.